The molecule has 1 aromatic carbocycles. The molecule has 0 radical (unpaired) electrons. The molecule has 0 fully saturated rings. The summed E-state index contributed by atoms with van der Waals surface area (Å²) >= 11 is 6.07. The van der Waals surface area contributed by atoms with Gasteiger partial charge in [0, 0.05) is 0 Å². The average molecular weight is 311 g/mol. The van der Waals surface area contributed by atoms with Crippen LogP contribution in [-0.4, -0.2) is 19.5 Å². The second-order valence-electron chi connectivity index (χ2n) is 5.58. The van der Waals surface area contributed by atoms with E-state index in [1.165, 1.54) is 17.5 Å². The number of fused-ring (bicyclic) bond motifs is 6. The largest absolute Gasteiger partial charge is 0.352 e. The van der Waals surface area contributed by atoms with Crippen LogP contribution >= 0.6 is 11.6 Å². The van der Waals surface area contributed by atoms with E-state index in [1.54, 1.807) is 6.33 Å². The smallest absolute Gasteiger partial charge is 0.164 e. The Morgan fingerprint density at radius 1 is 1.23 bits per heavy atom. The molecule has 3 aromatic rings. The molecule has 2 aromatic heterocycles. The summed E-state index contributed by atoms with van der Waals surface area (Å²) in [4.78, 5) is 12.6. The van der Waals surface area contributed by atoms with E-state index in [-0.39, 0.29) is 6.10 Å². The van der Waals surface area contributed by atoms with Crippen LogP contribution in [0.1, 0.15) is 17.2 Å². The standard InChI is InChI=1S/C16H11ClN4O/c17-14-13-15(19-8-18-14)21(9-20-13)7-16-6-5-12(22-16)10-3-1-2-4-11(10)16/h1-6,8-9,12H,7H2. The van der Waals surface area contributed by atoms with E-state index in [0.29, 0.717) is 17.2 Å². The highest BCUT2D eigenvalue weighted by molar-refractivity contribution is 6.33. The third kappa shape index (κ3) is 1.50. The van der Waals surface area contributed by atoms with Crippen molar-refractivity contribution in [1.82, 2.24) is 19.5 Å². The zero-order chi connectivity index (χ0) is 14.7. The lowest BCUT2D eigenvalue weighted by atomic mass is 9.87. The fourth-order valence-electron chi connectivity index (χ4n) is 3.39. The highest BCUT2D eigenvalue weighted by atomic mass is 35.5. The van der Waals surface area contributed by atoms with Gasteiger partial charge in [-0.1, -0.05) is 41.9 Å². The molecule has 2 bridgehead atoms. The maximum absolute atomic E-state index is 6.25. The normalized spacial score (nSPS) is 25.0. The molecular weight excluding hydrogens is 300 g/mol. The van der Waals surface area contributed by atoms with Crippen LogP contribution in [0.25, 0.3) is 11.2 Å². The van der Waals surface area contributed by atoms with E-state index in [2.05, 4.69) is 39.2 Å². The highest BCUT2D eigenvalue weighted by Gasteiger charge is 2.46. The molecule has 6 heteroatoms. The van der Waals surface area contributed by atoms with Gasteiger partial charge in [-0.25, -0.2) is 15.0 Å². The van der Waals surface area contributed by atoms with E-state index < -0.39 is 5.60 Å². The third-order valence-electron chi connectivity index (χ3n) is 4.36. The zero-order valence-corrected chi connectivity index (χ0v) is 12.2. The van der Waals surface area contributed by atoms with E-state index in [4.69, 9.17) is 16.3 Å². The number of hydrogen-bond donors (Lipinski definition) is 0. The lowest BCUT2D eigenvalue weighted by Crippen LogP contribution is -2.27. The maximum Gasteiger partial charge on any atom is 0.164 e. The first-order chi connectivity index (χ1) is 10.8. The summed E-state index contributed by atoms with van der Waals surface area (Å²) in [5.74, 6) is 0. The molecule has 0 saturated carbocycles. The van der Waals surface area contributed by atoms with Gasteiger partial charge in [-0.3, -0.25) is 0 Å². The molecule has 2 atom stereocenters. The Hall–Kier alpha value is -2.24. The Morgan fingerprint density at radius 2 is 2.14 bits per heavy atom. The molecule has 2 aliphatic heterocycles. The Morgan fingerprint density at radius 3 is 3.09 bits per heavy atom. The van der Waals surface area contributed by atoms with Crippen molar-refractivity contribution in [3.05, 3.63) is 65.4 Å². The van der Waals surface area contributed by atoms with Gasteiger partial charge in [0.05, 0.1) is 12.9 Å². The Balaban J connectivity index is 1.64. The first-order valence-electron chi connectivity index (χ1n) is 7.05. The minimum Gasteiger partial charge on any atom is -0.352 e. The number of aromatic nitrogens is 4. The van der Waals surface area contributed by atoms with Gasteiger partial charge in [-0.15, -0.1) is 0 Å². The molecule has 0 spiro atoms. The van der Waals surface area contributed by atoms with E-state index in [1.807, 2.05) is 16.7 Å². The first kappa shape index (κ1) is 12.3. The molecule has 22 heavy (non-hydrogen) atoms. The molecule has 5 nitrogen and oxygen atoms in total. The Kier molecular flexibility index (Phi) is 2.32. The number of ether oxygens (including phenoxy) is 1. The lowest BCUT2D eigenvalue weighted by molar-refractivity contribution is -0.0140. The van der Waals surface area contributed by atoms with Gasteiger partial charge in [0.15, 0.2) is 10.8 Å². The molecule has 108 valence electrons. The quantitative estimate of drug-likeness (QED) is 0.539. The summed E-state index contributed by atoms with van der Waals surface area (Å²) in [6.07, 6.45) is 7.49. The minimum absolute atomic E-state index is 0.0456. The van der Waals surface area contributed by atoms with Gasteiger partial charge >= 0.3 is 0 Å². The predicted octanol–water partition coefficient (Wildman–Crippen LogP) is 3.02. The van der Waals surface area contributed by atoms with Crippen molar-refractivity contribution in [2.75, 3.05) is 0 Å². The fourth-order valence-corrected chi connectivity index (χ4v) is 3.57. The van der Waals surface area contributed by atoms with Crippen LogP contribution in [0.3, 0.4) is 0 Å². The summed E-state index contributed by atoms with van der Waals surface area (Å²) in [7, 11) is 0. The van der Waals surface area contributed by atoms with E-state index in [0.717, 1.165) is 5.65 Å². The summed E-state index contributed by atoms with van der Waals surface area (Å²) in [5, 5.41) is 0.369. The van der Waals surface area contributed by atoms with Crippen molar-refractivity contribution < 1.29 is 4.74 Å². The van der Waals surface area contributed by atoms with Crippen molar-refractivity contribution in [3.63, 3.8) is 0 Å². The molecule has 2 aliphatic rings. The highest BCUT2D eigenvalue weighted by Crippen LogP contribution is 2.51. The minimum atomic E-state index is -0.452. The molecule has 0 saturated heterocycles. The monoisotopic (exact) mass is 310 g/mol. The van der Waals surface area contributed by atoms with Gasteiger partial charge in [0.25, 0.3) is 0 Å². The van der Waals surface area contributed by atoms with Crippen LogP contribution in [0, 0.1) is 0 Å². The summed E-state index contributed by atoms with van der Waals surface area (Å²) in [6.45, 7) is 0.612. The Bertz CT molecular complexity index is 935. The molecule has 5 rings (SSSR count). The van der Waals surface area contributed by atoms with Crippen LogP contribution in [0.4, 0.5) is 0 Å². The zero-order valence-electron chi connectivity index (χ0n) is 11.5. The van der Waals surface area contributed by atoms with Crippen LogP contribution in [-0.2, 0) is 16.9 Å². The van der Waals surface area contributed by atoms with Crippen molar-refractivity contribution in [2.45, 2.75) is 18.2 Å². The fraction of sp³-hybridized carbons (Fsp3) is 0.188. The van der Waals surface area contributed by atoms with Gasteiger partial charge in [0.2, 0.25) is 0 Å². The number of rotatable bonds is 2. The summed E-state index contributed by atoms with van der Waals surface area (Å²) < 4.78 is 8.22. The van der Waals surface area contributed by atoms with Crippen molar-refractivity contribution in [1.29, 1.82) is 0 Å². The van der Waals surface area contributed by atoms with E-state index >= 15 is 0 Å². The number of hydrogen-bond acceptors (Lipinski definition) is 4. The van der Waals surface area contributed by atoms with Gasteiger partial charge in [-0.2, -0.15) is 0 Å². The molecule has 2 unspecified atom stereocenters. The molecule has 0 aliphatic carbocycles. The second-order valence-corrected chi connectivity index (χ2v) is 5.94. The van der Waals surface area contributed by atoms with Crippen LogP contribution in [0.2, 0.25) is 5.15 Å². The molecular formula is C16H11ClN4O. The summed E-state index contributed by atoms with van der Waals surface area (Å²) in [5.41, 5.74) is 3.34. The molecule has 4 heterocycles. The number of imidazole rings is 1. The van der Waals surface area contributed by atoms with Crippen molar-refractivity contribution in [3.8, 4) is 0 Å². The third-order valence-corrected chi connectivity index (χ3v) is 4.64. The predicted molar refractivity (Wildman–Crippen MR) is 81.4 cm³/mol. The first-order valence-corrected chi connectivity index (χ1v) is 7.43. The van der Waals surface area contributed by atoms with Crippen LogP contribution in [0.15, 0.2) is 49.1 Å². The topological polar surface area (TPSA) is 52.8 Å². The summed E-state index contributed by atoms with van der Waals surface area (Å²) in [6, 6.07) is 8.34. The average Bonchev–Trinajstić information content (AvgIpc) is 3.22. The number of nitrogens with zero attached hydrogens (tertiary/aromatic N) is 4. The van der Waals surface area contributed by atoms with Crippen LogP contribution in [0.5, 0.6) is 0 Å². The molecule has 0 amide bonds. The van der Waals surface area contributed by atoms with Gasteiger partial charge in [-0.05, 0) is 17.2 Å². The number of halogens is 1. The van der Waals surface area contributed by atoms with E-state index in [9.17, 15) is 0 Å². The van der Waals surface area contributed by atoms with Crippen molar-refractivity contribution in [2.24, 2.45) is 0 Å². The lowest BCUT2D eigenvalue weighted by Gasteiger charge is -2.24. The second kappa shape index (κ2) is 4.15. The Labute approximate surface area is 131 Å². The maximum atomic E-state index is 6.25. The number of benzene rings is 1. The van der Waals surface area contributed by atoms with Crippen LogP contribution < -0.4 is 0 Å². The molecule has 0 N–H and O–H groups in total. The SMILES string of the molecule is Clc1ncnc2c1ncn2CC12C=CC(O1)c1ccccc12. The van der Waals surface area contributed by atoms with Gasteiger partial charge in [0.1, 0.15) is 23.5 Å². The van der Waals surface area contributed by atoms with Crippen molar-refractivity contribution >= 4 is 22.8 Å². The van der Waals surface area contributed by atoms with Gasteiger partial charge < -0.3 is 9.30 Å².